The smallest absolute Gasteiger partial charge is 0.303 e. The van der Waals surface area contributed by atoms with Crippen molar-refractivity contribution in [2.75, 3.05) is 0 Å². The molecule has 0 saturated carbocycles. The van der Waals surface area contributed by atoms with Gasteiger partial charge in [-0.1, -0.05) is 34.1 Å². The first-order valence-corrected chi connectivity index (χ1v) is 5.21. The van der Waals surface area contributed by atoms with Crippen molar-refractivity contribution in [3.8, 4) is 0 Å². The van der Waals surface area contributed by atoms with Gasteiger partial charge in [0.15, 0.2) is 0 Å². The van der Waals surface area contributed by atoms with E-state index < -0.39 is 11.7 Å². The lowest BCUT2D eigenvalue weighted by molar-refractivity contribution is -0.138. The van der Waals surface area contributed by atoms with Crippen molar-refractivity contribution in [1.82, 2.24) is 0 Å². The molecule has 0 amide bonds. The molecule has 0 saturated heterocycles. The van der Waals surface area contributed by atoms with E-state index in [1.165, 1.54) is 18.2 Å². The highest BCUT2D eigenvalue weighted by atomic mass is 79.9. The van der Waals surface area contributed by atoms with E-state index in [9.17, 15) is 18.0 Å². The Hall–Kier alpha value is -1.10. The van der Waals surface area contributed by atoms with Crippen LogP contribution in [0.2, 0.25) is 0 Å². The Bertz CT molecular complexity index is 410. The fraction of sp³-hybridized carbons (Fsp3) is 0.182. The van der Waals surface area contributed by atoms with E-state index in [0.29, 0.717) is 11.8 Å². The van der Waals surface area contributed by atoms with Gasteiger partial charge in [0, 0.05) is 10.9 Å². The third-order valence-corrected chi connectivity index (χ3v) is 2.53. The summed E-state index contributed by atoms with van der Waals surface area (Å²) in [6.07, 6.45) is -0.517. The second kappa shape index (κ2) is 5.30. The van der Waals surface area contributed by atoms with Crippen molar-refractivity contribution in [1.29, 1.82) is 0 Å². The van der Waals surface area contributed by atoms with Crippen LogP contribution in [-0.4, -0.2) is 6.29 Å². The highest BCUT2D eigenvalue weighted by Gasteiger charge is 2.32. The molecule has 0 aliphatic carbocycles. The third-order valence-electron chi connectivity index (χ3n) is 1.84. The standard InChI is InChI=1S/C11H8BrF3O/c12-10-5-4-8(3-1-2-6-16)7-9(10)11(13,14)15/h1,3-7H,2H2/b3-1+. The molecule has 86 valence electrons. The fourth-order valence-corrected chi connectivity index (χ4v) is 1.59. The lowest BCUT2D eigenvalue weighted by Crippen LogP contribution is -2.06. The second-order valence-electron chi connectivity index (χ2n) is 3.04. The van der Waals surface area contributed by atoms with Crippen LogP contribution in [0, 0.1) is 0 Å². The largest absolute Gasteiger partial charge is 0.417 e. The van der Waals surface area contributed by atoms with Crippen molar-refractivity contribution in [3.63, 3.8) is 0 Å². The van der Waals surface area contributed by atoms with Crippen LogP contribution in [0.3, 0.4) is 0 Å². The van der Waals surface area contributed by atoms with Crippen LogP contribution in [0.5, 0.6) is 0 Å². The Morgan fingerprint density at radius 3 is 2.56 bits per heavy atom. The predicted molar refractivity (Wildman–Crippen MR) is 58.9 cm³/mol. The van der Waals surface area contributed by atoms with Gasteiger partial charge in [0.1, 0.15) is 6.29 Å². The maximum atomic E-state index is 12.5. The molecule has 0 aliphatic heterocycles. The van der Waals surface area contributed by atoms with Crippen molar-refractivity contribution < 1.29 is 18.0 Å². The zero-order chi connectivity index (χ0) is 12.2. The summed E-state index contributed by atoms with van der Waals surface area (Å²) in [6.45, 7) is 0. The van der Waals surface area contributed by atoms with Crippen LogP contribution >= 0.6 is 15.9 Å². The summed E-state index contributed by atoms with van der Waals surface area (Å²) >= 11 is 2.85. The molecule has 16 heavy (non-hydrogen) atoms. The molecule has 0 bridgehead atoms. The van der Waals surface area contributed by atoms with E-state index in [4.69, 9.17) is 0 Å². The quantitative estimate of drug-likeness (QED) is 0.768. The Morgan fingerprint density at radius 1 is 1.31 bits per heavy atom. The van der Waals surface area contributed by atoms with E-state index in [-0.39, 0.29) is 10.9 Å². The molecule has 0 unspecified atom stereocenters. The summed E-state index contributed by atoms with van der Waals surface area (Å²) in [5.41, 5.74) is -0.307. The number of halogens is 4. The maximum Gasteiger partial charge on any atom is 0.417 e. The molecule has 0 aromatic heterocycles. The van der Waals surface area contributed by atoms with Gasteiger partial charge in [-0.2, -0.15) is 13.2 Å². The van der Waals surface area contributed by atoms with Crippen LogP contribution in [0.25, 0.3) is 6.08 Å². The normalized spacial score (nSPS) is 12.0. The minimum Gasteiger partial charge on any atom is -0.303 e. The van der Waals surface area contributed by atoms with E-state index in [0.717, 1.165) is 6.07 Å². The zero-order valence-corrected chi connectivity index (χ0v) is 9.68. The second-order valence-corrected chi connectivity index (χ2v) is 3.90. The van der Waals surface area contributed by atoms with Gasteiger partial charge in [-0.3, -0.25) is 0 Å². The number of aldehydes is 1. The summed E-state index contributed by atoms with van der Waals surface area (Å²) in [5, 5.41) is 0. The molecule has 1 aromatic rings. The molecule has 0 spiro atoms. The lowest BCUT2D eigenvalue weighted by atomic mass is 10.1. The van der Waals surface area contributed by atoms with Gasteiger partial charge >= 0.3 is 6.18 Å². The number of allylic oxidation sites excluding steroid dienone is 1. The Labute approximate surface area is 99.1 Å². The first kappa shape index (κ1) is 13.0. The number of rotatable bonds is 3. The molecule has 0 aliphatic rings. The highest BCUT2D eigenvalue weighted by Crippen LogP contribution is 2.35. The number of alkyl halides is 3. The first-order valence-electron chi connectivity index (χ1n) is 4.42. The zero-order valence-electron chi connectivity index (χ0n) is 8.09. The molecule has 0 heterocycles. The van der Waals surface area contributed by atoms with Gasteiger partial charge < -0.3 is 4.79 Å². The van der Waals surface area contributed by atoms with E-state index in [2.05, 4.69) is 15.9 Å². The highest BCUT2D eigenvalue weighted by molar-refractivity contribution is 9.10. The van der Waals surface area contributed by atoms with Crippen LogP contribution in [0.4, 0.5) is 13.2 Å². The summed E-state index contributed by atoms with van der Waals surface area (Å²) in [4.78, 5) is 10.0. The molecular formula is C11H8BrF3O. The van der Waals surface area contributed by atoms with E-state index in [1.807, 2.05) is 0 Å². The van der Waals surface area contributed by atoms with Gasteiger partial charge in [0.25, 0.3) is 0 Å². The van der Waals surface area contributed by atoms with Crippen molar-refractivity contribution in [2.24, 2.45) is 0 Å². The maximum absolute atomic E-state index is 12.5. The monoisotopic (exact) mass is 292 g/mol. The lowest BCUT2D eigenvalue weighted by Gasteiger charge is -2.09. The molecule has 0 fully saturated rings. The van der Waals surface area contributed by atoms with Gasteiger partial charge in [0.2, 0.25) is 0 Å². The number of hydrogen-bond acceptors (Lipinski definition) is 1. The van der Waals surface area contributed by atoms with Crippen molar-refractivity contribution >= 4 is 28.3 Å². The van der Waals surface area contributed by atoms with E-state index in [1.54, 1.807) is 6.07 Å². The fourth-order valence-electron chi connectivity index (χ4n) is 1.12. The van der Waals surface area contributed by atoms with E-state index >= 15 is 0 Å². The van der Waals surface area contributed by atoms with Crippen LogP contribution in [0.15, 0.2) is 28.7 Å². The van der Waals surface area contributed by atoms with Crippen molar-refractivity contribution in [2.45, 2.75) is 12.6 Å². The van der Waals surface area contributed by atoms with Gasteiger partial charge in [-0.25, -0.2) is 0 Å². The number of carbonyl (C=O) groups excluding carboxylic acids is 1. The number of benzene rings is 1. The molecule has 0 radical (unpaired) electrons. The SMILES string of the molecule is O=CC/C=C/c1ccc(Br)c(C(F)(F)F)c1. The summed E-state index contributed by atoms with van der Waals surface area (Å²) < 4.78 is 37.5. The Balaban J connectivity index is 3.03. The molecule has 1 rings (SSSR count). The van der Waals surface area contributed by atoms with Gasteiger partial charge in [-0.05, 0) is 17.7 Å². The predicted octanol–water partition coefficient (Wildman–Crippen LogP) is 4.07. The van der Waals surface area contributed by atoms with Crippen LogP contribution in [-0.2, 0) is 11.0 Å². The number of carbonyl (C=O) groups is 1. The molecule has 0 N–H and O–H groups in total. The molecule has 0 atom stereocenters. The Morgan fingerprint density at radius 2 is 2.00 bits per heavy atom. The molecule has 1 aromatic carbocycles. The van der Waals surface area contributed by atoms with Crippen LogP contribution in [0.1, 0.15) is 17.5 Å². The minimum atomic E-state index is -4.38. The Kier molecular flexibility index (Phi) is 4.29. The summed E-state index contributed by atoms with van der Waals surface area (Å²) in [7, 11) is 0. The summed E-state index contributed by atoms with van der Waals surface area (Å²) in [6, 6.07) is 3.91. The average Bonchev–Trinajstić information content (AvgIpc) is 2.19. The minimum absolute atomic E-state index is 0.00698. The molecule has 1 nitrogen and oxygen atoms in total. The topological polar surface area (TPSA) is 17.1 Å². The van der Waals surface area contributed by atoms with Gasteiger partial charge in [0.05, 0.1) is 5.56 Å². The molecular weight excluding hydrogens is 285 g/mol. The first-order chi connectivity index (χ1) is 7.45. The third kappa shape index (κ3) is 3.48. The van der Waals surface area contributed by atoms with Gasteiger partial charge in [-0.15, -0.1) is 0 Å². The molecule has 5 heteroatoms. The number of hydrogen-bond donors (Lipinski definition) is 0. The summed E-state index contributed by atoms with van der Waals surface area (Å²) in [5.74, 6) is 0. The average molecular weight is 293 g/mol. The van der Waals surface area contributed by atoms with Crippen LogP contribution < -0.4 is 0 Å². The van der Waals surface area contributed by atoms with Crippen molar-refractivity contribution in [3.05, 3.63) is 39.9 Å².